The minimum Gasteiger partial charge on any atom is -0.493 e. The number of anilines is 1. The summed E-state index contributed by atoms with van der Waals surface area (Å²) in [6, 6.07) is 6.44. The van der Waals surface area contributed by atoms with Crippen molar-refractivity contribution in [1.82, 2.24) is 0 Å². The van der Waals surface area contributed by atoms with Crippen molar-refractivity contribution in [3.63, 3.8) is 0 Å². The van der Waals surface area contributed by atoms with Crippen LogP contribution in [0.1, 0.15) is 24.8 Å². The van der Waals surface area contributed by atoms with Crippen LogP contribution in [-0.2, 0) is 6.42 Å². The summed E-state index contributed by atoms with van der Waals surface area (Å²) in [5.41, 5.74) is 2.72. The number of fused-ring (bicyclic) bond motifs is 1. The molecule has 3 nitrogen and oxygen atoms in total. The molecule has 1 aliphatic heterocycles. The van der Waals surface area contributed by atoms with E-state index in [-0.39, 0.29) is 5.41 Å². The zero-order valence-corrected chi connectivity index (χ0v) is 11.0. The van der Waals surface area contributed by atoms with Crippen molar-refractivity contribution in [2.75, 3.05) is 31.7 Å². The number of rotatable bonds is 4. The summed E-state index contributed by atoms with van der Waals surface area (Å²) in [4.78, 5) is 2.26. The summed E-state index contributed by atoms with van der Waals surface area (Å²) >= 11 is 0. The molecule has 0 spiro atoms. The quantitative estimate of drug-likeness (QED) is 0.885. The first-order chi connectivity index (χ1) is 8.72. The van der Waals surface area contributed by atoms with Crippen LogP contribution in [0.25, 0.3) is 0 Å². The highest BCUT2D eigenvalue weighted by Crippen LogP contribution is 2.46. The Morgan fingerprint density at radius 2 is 2.22 bits per heavy atom. The largest absolute Gasteiger partial charge is 0.493 e. The minimum absolute atomic E-state index is 0.168. The highest BCUT2D eigenvalue weighted by Gasteiger charge is 2.42. The van der Waals surface area contributed by atoms with E-state index in [9.17, 15) is 5.11 Å². The molecule has 3 rings (SSSR count). The standard InChI is InChI=1S/C15H21NO2/c1-16(10-15(11-17)6-7-15)13-4-5-14-12(9-13)3-2-8-18-14/h4-5,9,17H,2-3,6-8,10-11H2,1H3. The molecule has 18 heavy (non-hydrogen) atoms. The summed E-state index contributed by atoms with van der Waals surface area (Å²) in [7, 11) is 2.11. The molecular formula is C15H21NO2. The molecule has 2 aliphatic rings. The highest BCUT2D eigenvalue weighted by molar-refractivity contribution is 5.53. The molecule has 1 saturated carbocycles. The maximum absolute atomic E-state index is 9.40. The second-order valence-corrected chi connectivity index (χ2v) is 5.76. The second kappa shape index (κ2) is 4.47. The topological polar surface area (TPSA) is 32.7 Å². The lowest BCUT2D eigenvalue weighted by Crippen LogP contribution is -2.28. The third kappa shape index (κ3) is 2.19. The fourth-order valence-corrected chi connectivity index (χ4v) is 2.72. The molecule has 0 saturated heterocycles. The van der Waals surface area contributed by atoms with Gasteiger partial charge in [0, 0.05) is 24.7 Å². The zero-order chi connectivity index (χ0) is 12.6. The normalized spacial score (nSPS) is 19.9. The van der Waals surface area contributed by atoms with Crippen LogP contribution in [0.4, 0.5) is 5.69 Å². The third-order valence-corrected chi connectivity index (χ3v) is 4.20. The van der Waals surface area contributed by atoms with Gasteiger partial charge in [-0.25, -0.2) is 0 Å². The van der Waals surface area contributed by atoms with E-state index in [2.05, 4.69) is 30.1 Å². The van der Waals surface area contributed by atoms with E-state index in [4.69, 9.17) is 4.74 Å². The Labute approximate surface area is 108 Å². The van der Waals surface area contributed by atoms with Crippen LogP contribution in [0.5, 0.6) is 5.75 Å². The van der Waals surface area contributed by atoms with Gasteiger partial charge in [-0.3, -0.25) is 0 Å². The lowest BCUT2D eigenvalue weighted by molar-refractivity contribution is 0.215. The van der Waals surface area contributed by atoms with Gasteiger partial charge in [0.2, 0.25) is 0 Å². The zero-order valence-electron chi connectivity index (χ0n) is 11.0. The number of aliphatic hydroxyl groups excluding tert-OH is 1. The van der Waals surface area contributed by atoms with Crippen LogP contribution in [0, 0.1) is 5.41 Å². The summed E-state index contributed by atoms with van der Waals surface area (Å²) in [6.45, 7) is 2.10. The Morgan fingerprint density at radius 1 is 1.39 bits per heavy atom. The summed E-state index contributed by atoms with van der Waals surface area (Å²) < 4.78 is 5.63. The molecule has 1 fully saturated rings. The van der Waals surface area contributed by atoms with Crippen LogP contribution in [0.2, 0.25) is 0 Å². The predicted molar refractivity (Wildman–Crippen MR) is 72.3 cm³/mol. The number of hydrogen-bond acceptors (Lipinski definition) is 3. The monoisotopic (exact) mass is 247 g/mol. The smallest absolute Gasteiger partial charge is 0.122 e. The summed E-state index contributed by atoms with van der Waals surface area (Å²) in [5.74, 6) is 1.04. The molecular weight excluding hydrogens is 226 g/mol. The molecule has 1 aromatic carbocycles. The van der Waals surface area contributed by atoms with E-state index in [1.54, 1.807) is 0 Å². The first kappa shape index (κ1) is 11.8. The predicted octanol–water partition coefficient (Wildman–Crippen LogP) is 2.22. The first-order valence-corrected chi connectivity index (χ1v) is 6.80. The van der Waals surface area contributed by atoms with Crippen molar-refractivity contribution in [2.45, 2.75) is 25.7 Å². The van der Waals surface area contributed by atoms with Crippen molar-refractivity contribution in [3.8, 4) is 5.75 Å². The number of ether oxygens (including phenoxy) is 1. The number of hydrogen-bond donors (Lipinski definition) is 1. The number of aliphatic hydroxyl groups is 1. The lowest BCUT2D eigenvalue weighted by atomic mass is 10.0. The highest BCUT2D eigenvalue weighted by atomic mass is 16.5. The fraction of sp³-hybridized carbons (Fsp3) is 0.600. The summed E-state index contributed by atoms with van der Waals surface area (Å²) in [5, 5.41) is 9.40. The average molecular weight is 247 g/mol. The average Bonchev–Trinajstić information content (AvgIpc) is 3.18. The second-order valence-electron chi connectivity index (χ2n) is 5.76. The van der Waals surface area contributed by atoms with E-state index in [1.165, 1.54) is 11.3 Å². The Hall–Kier alpha value is -1.22. The Bertz CT molecular complexity index is 440. The van der Waals surface area contributed by atoms with Gasteiger partial charge in [0.15, 0.2) is 0 Å². The molecule has 0 aromatic heterocycles. The molecule has 0 amide bonds. The number of nitrogens with zero attached hydrogens (tertiary/aromatic N) is 1. The van der Waals surface area contributed by atoms with E-state index in [0.29, 0.717) is 6.61 Å². The van der Waals surface area contributed by atoms with Crippen LogP contribution in [0.3, 0.4) is 0 Å². The lowest BCUT2D eigenvalue weighted by Gasteiger charge is -2.26. The van der Waals surface area contributed by atoms with Crippen LogP contribution < -0.4 is 9.64 Å². The molecule has 3 heteroatoms. The molecule has 0 unspecified atom stereocenters. The molecule has 98 valence electrons. The van der Waals surface area contributed by atoms with Gasteiger partial charge >= 0.3 is 0 Å². The van der Waals surface area contributed by atoms with Gasteiger partial charge in [-0.1, -0.05) is 0 Å². The van der Waals surface area contributed by atoms with Gasteiger partial charge in [-0.05, 0) is 49.4 Å². The van der Waals surface area contributed by atoms with Gasteiger partial charge < -0.3 is 14.7 Å². The minimum atomic E-state index is 0.168. The SMILES string of the molecule is CN(CC1(CO)CC1)c1ccc2c(c1)CCCO2. The van der Waals surface area contributed by atoms with E-state index < -0.39 is 0 Å². The maximum Gasteiger partial charge on any atom is 0.122 e. The fourth-order valence-electron chi connectivity index (χ4n) is 2.72. The van der Waals surface area contributed by atoms with Gasteiger partial charge in [0.05, 0.1) is 13.2 Å². The molecule has 0 bridgehead atoms. The molecule has 1 heterocycles. The van der Waals surface area contributed by atoms with Crippen molar-refractivity contribution < 1.29 is 9.84 Å². The Kier molecular flexibility index (Phi) is 2.94. The number of aryl methyl sites for hydroxylation is 1. The van der Waals surface area contributed by atoms with Crippen molar-refractivity contribution >= 4 is 5.69 Å². The molecule has 1 aliphatic carbocycles. The number of benzene rings is 1. The van der Waals surface area contributed by atoms with Gasteiger partial charge in [0.25, 0.3) is 0 Å². The van der Waals surface area contributed by atoms with Crippen molar-refractivity contribution in [3.05, 3.63) is 23.8 Å². The van der Waals surface area contributed by atoms with Crippen LogP contribution in [-0.4, -0.2) is 31.9 Å². The molecule has 1 aromatic rings. The Balaban J connectivity index is 1.75. The molecule has 0 atom stereocenters. The van der Waals surface area contributed by atoms with Gasteiger partial charge in [0.1, 0.15) is 5.75 Å². The van der Waals surface area contributed by atoms with Gasteiger partial charge in [-0.2, -0.15) is 0 Å². The van der Waals surface area contributed by atoms with E-state index in [1.807, 2.05) is 0 Å². The van der Waals surface area contributed by atoms with Crippen LogP contribution >= 0.6 is 0 Å². The summed E-state index contributed by atoms with van der Waals surface area (Å²) in [6.07, 6.45) is 4.53. The van der Waals surface area contributed by atoms with E-state index in [0.717, 1.165) is 44.6 Å². The third-order valence-electron chi connectivity index (χ3n) is 4.20. The first-order valence-electron chi connectivity index (χ1n) is 6.80. The van der Waals surface area contributed by atoms with Crippen LogP contribution in [0.15, 0.2) is 18.2 Å². The van der Waals surface area contributed by atoms with Crippen molar-refractivity contribution in [1.29, 1.82) is 0 Å². The maximum atomic E-state index is 9.40. The van der Waals surface area contributed by atoms with Gasteiger partial charge in [-0.15, -0.1) is 0 Å². The Morgan fingerprint density at radius 3 is 2.94 bits per heavy atom. The molecule has 0 radical (unpaired) electrons. The molecule has 1 N–H and O–H groups in total. The van der Waals surface area contributed by atoms with Crippen molar-refractivity contribution in [2.24, 2.45) is 5.41 Å². The van der Waals surface area contributed by atoms with E-state index >= 15 is 0 Å².